The number of amides is 4. The molecule has 8 heteroatoms. The van der Waals surface area contributed by atoms with E-state index in [0.29, 0.717) is 30.8 Å². The van der Waals surface area contributed by atoms with Crippen LogP contribution >= 0.6 is 0 Å². The van der Waals surface area contributed by atoms with Gasteiger partial charge in [0.2, 0.25) is 0 Å². The molecular weight excluding hydrogens is 384 g/mol. The zero-order valence-corrected chi connectivity index (χ0v) is 17.2. The summed E-state index contributed by atoms with van der Waals surface area (Å²) in [6.07, 6.45) is 1.39. The molecule has 2 rings (SSSR count). The number of hydrogen-bond donors (Lipinski definition) is 5. The predicted octanol–water partition coefficient (Wildman–Crippen LogP) is 3.87. The van der Waals surface area contributed by atoms with Crippen molar-refractivity contribution in [2.45, 2.75) is 39.2 Å². The maximum atomic E-state index is 12.1. The molecule has 0 aliphatic rings. The van der Waals surface area contributed by atoms with E-state index in [9.17, 15) is 19.5 Å². The van der Waals surface area contributed by atoms with Crippen LogP contribution in [0.3, 0.4) is 0 Å². The Morgan fingerprint density at radius 3 is 1.97 bits per heavy atom. The number of aryl methyl sites for hydroxylation is 2. The molecule has 160 valence electrons. The van der Waals surface area contributed by atoms with Crippen molar-refractivity contribution in [2.24, 2.45) is 0 Å². The maximum Gasteiger partial charge on any atom is 0.326 e. The molecular formula is C22H28N4O4. The number of carbonyl (C=O) groups excluding carboxylic acids is 2. The number of nitrogens with one attached hydrogen (secondary N) is 4. The zero-order valence-electron chi connectivity index (χ0n) is 17.2. The van der Waals surface area contributed by atoms with Gasteiger partial charge in [-0.2, -0.15) is 0 Å². The highest BCUT2D eigenvalue weighted by molar-refractivity contribution is 5.92. The predicted molar refractivity (Wildman–Crippen MR) is 117 cm³/mol. The summed E-state index contributed by atoms with van der Waals surface area (Å²) in [5, 5.41) is 19.9. The van der Waals surface area contributed by atoms with Crippen molar-refractivity contribution in [2.75, 3.05) is 17.2 Å². The van der Waals surface area contributed by atoms with E-state index in [1.165, 1.54) is 0 Å². The second-order valence-electron chi connectivity index (χ2n) is 7.10. The summed E-state index contributed by atoms with van der Waals surface area (Å²) in [6, 6.07) is 12.8. The lowest BCUT2D eigenvalue weighted by Gasteiger charge is -2.15. The Bertz CT molecular complexity index is 885. The molecule has 2 aromatic carbocycles. The Kier molecular flexibility index (Phi) is 8.68. The highest BCUT2D eigenvalue weighted by Gasteiger charge is 2.19. The van der Waals surface area contributed by atoms with Gasteiger partial charge in [-0.1, -0.05) is 24.3 Å². The smallest absolute Gasteiger partial charge is 0.326 e. The first-order valence-corrected chi connectivity index (χ1v) is 9.82. The third-order valence-electron chi connectivity index (χ3n) is 4.36. The van der Waals surface area contributed by atoms with Crippen LogP contribution in [-0.4, -0.2) is 35.7 Å². The van der Waals surface area contributed by atoms with Crippen LogP contribution in [0.4, 0.5) is 21.0 Å². The first-order chi connectivity index (χ1) is 14.3. The average molecular weight is 412 g/mol. The Hall–Kier alpha value is -3.55. The quantitative estimate of drug-likeness (QED) is 0.402. The molecule has 0 fully saturated rings. The molecule has 0 spiro atoms. The molecule has 4 amide bonds. The van der Waals surface area contributed by atoms with Crippen LogP contribution in [-0.2, 0) is 4.79 Å². The van der Waals surface area contributed by atoms with E-state index < -0.39 is 18.0 Å². The lowest BCUT2D eigenvalue weighted by molar-refractivity contribution is -0.139. The van der Waals surface area contributed by atoms with Gasteiger partial charge in [-0.05, 0) is 68.5 Å². The first-order valence-electron chi connectivity index (χ1n) is 9.82. The highest BCUT2D eigenvalue weighted by atomic mass is 16.4. The Morgan fingerprint density at radius 2 is 1.43 bits per heavy atom. The van der Waals surface area contributed by atoms with Crippen molar-refractivity contribution in [1.82, 2.24) is 10.6 Å². The van der Waals surface area contributed by atoms with Crippen molar-refractivity contribution in [1.29, 1.82) is 0 Å². The molecule has 0 radical (unpaired) electrons. The number of rotatable bonds is 9. The maximum absolute atomic E-state index is 12.1. The van der Waals surface area contributed by atoms with Gasteiger partial charge in [-0.3, -0.25) is 0 Å². The van der Waals surface area contributed by atoms with Crippen LogP contribution in [0.2, 0.25) is 0 Å². The van der Waals surface area contributed by atoms with E-state index >= 15 is 0 Å². The largest absolute Gasteiger partial charge is 0.480 e. The Labute approximate surface area is 176 Å². The SMILES string of the molecule is Cc1cccc(NC(=O)NCCCCC(NC(=O)Nc2cccc(C)c2)C(=O)O)c1. The summed E-state index contributed by atoms with van der Waals surface area (Å²) in [5.41, 5.74) is 3.34. The number of unbranched alkanes of at least 4 members (excludes halogenated alkanes) is 1. The van der Waals surface area contributed by atoms with E-state index in [1.54, 1.807) is 18.2 Å². The third-order valence-corrected chi connectivity index (χ3v) is 4.36. The molecule has 0 saturated heterocycles. The third kappa shape index (κ3) is 8.22. The fourth-order valence-electron chi connectivity index (χ4n) is 2.88. The monoisotopic (exact) mass is 412 g/mol. The molecule has 0 aliphatic carbocycles. The Morgan fingerprint density at radius 1 is 0.867 bits per heavy atom. The van der Waals surface area contributed by atoms with E-state index in [2.05, 4.69) is 21.3 Å². The number of aliphatic carboxylic acids is 1. The molecule has 0 heterocycles. The molecule has 1 unspecified atom stereocenters. The molecule has 8 nitrogen and oxygen atoms in total. The van der Waals surface area contributed by atoms with Gasteiger partial charge in [-0.25, -0.2) is 14.4 Å². The minimum atomic E-state index is -1.10. The molecule has 0 aromatic heterocycles. The van der Waals surface area contributed by atoms with Gasteiger partial charge >= 0.3 is 18.0 Å². The van der Waals surface area contributed by atoms with Gasteiger partial charge in [0.1, 0.15) is 6.04 Å². The molecule has 0 saturated carbocycles. The minimum Gasteiger partial charge on any atom is -0.480 e. The lowest BCUT2D eigenvalue weighted by Crippen LogP contribution is -2.43. The Balaban J connectivity index is 1.68. The minimum absolute atomic E-state index is 0.262. The van der Waals surface area contributed by atoms with Crippen molar-refractivity contribution in [3.8, 4) is 0 Å². The summed E-state index contributed by atoms with van der Waals surface area (Å²) in [4.78, 5) is 35.4. The van der Waals surface area contributed by atoms with Gasteiger partial charge in [-0.15, -0.1) is 0 Å². The van der Waals surface area contributed by atoms with Crippen LogP contribution in [0.5, 0.6) is 0 Å². The number of anilines is 2. The average Bonchev–Trinajstić information content (AvgIpc) is 2.66. The fourth-order valence-corrected chi connectivity index (χ4v) is 2.88. The van der Waals surface area contributed by atoms with E-state index in [0.717, 1.165) is 11.1 Å². The van der Waals surface area contributed by atoms with Crippen molar-refractivity contribution in [3.63, 3.8) is 0 Å². The van der Waals surface area contributed by atoms with Gasteiger partial charge in [0.05, 0.1) is 0 Å². The van der Waals surface area contributed by atoms with E-state index in [4.69, 9.17) is 0 Å². The number of carboxylic acids is 1. The summed E-state index contributed by atoms with van der Waals surface area (Å²) in [6.45, 7) is 4.24. The zero-order chi connectivity index (χ0) is 21.9. The summed E-state index contributed by atoms with van der Waals surface area (Å²) < 4.78 is 0. The molecule has 0 bridgehead atoms. The molecule has 0 aliphatic heterocycles. The standard InChI is InChI=1S/C22H28N4O4/c1-15-7-5-9-17(13-15)24-21(29)23-12-4-3-11-19(20(27)28)26-22(30)25-18-10-6-8-16(2)14-18/h5-10,13-14,19H,3-4,11-12H2,1-2H3,(H,27,28)(H2,23,24,29)(H2,25,26,30). The van der Waals surface area contributed by atoms with Crippen molar-refractivity contribution >= 4 is 29.4 Å². The molecule has 5 N–H and O–H groups in total. The van der Waals surface area contributed by atoms with Crippen molar-refractivity contribution in [3.05, 3.63) is 59.7 Å². The van der Waals surface area contributed by atoms with Gasteiger partial charge < -0.3 is 26.4 Å². The van der Waals surface area contributed by atoms with Gasteiger partial charge in [0.15, 0.2) is 0 Å². The van der Waals surface area contributed by atoms with Gasteiger partial charge in [0.25, 0.3) is 0 Å². The van der Waals surface area contributed by atoms with Crippen LogP contribution in [0.15, 0.2) is 48.5 Å². The first kappa shape index (κ1) is 22.7. The molecule has 2 aromatic rings. The number of carboxylic acid groups (broad SMARTS) is 1. The second-order valence-corrected chi connectivity index (χ2v) is 7.10. The van der Waals surface area contributed by atoms with Crippen LogP contribution in [0.1, 0.15) is 30.4 Å². The molecule has 1 atom stereocenters. The van der Waals surface area contributed by atoms with E-state index in [1.807, 2.05) is 44.2 Å². The summed E-state index contributed by atoms with van der Waals surface area (Å²) in [7, 11) is 0. The topological polar surface area (TPSA) is 120 Å². The second kappa shape index (κ2) is 11.5. The number of urea groups is 2. The normalized spacial score (nSPS) is 11.3. The molecule has 30 heavy (non-hydrogen) atoms. The highest BCUT2D eigenvalue weighted by Crippen LogP contribution is 2.10. The lowest BCUT2D eigenvalue weighted by atomic mass is 10.1. The number of carbonyl (C=O) groups is 3. The number of benzene rings is 2. The fraction of sp³-hybridized carbons (Fsp3) is 0.318. The van der Waals surface area contributed by atoms with Crippen LogP contribution < -0.4 is 21.3 Å². The van der Waals surface area contributed by atoms with Crippen LogP contribution in [0, 0.1) is 13.8 Å². The summed E-state index contributed by atoms with van der Waals surface area (Å²) in [5.74, 6) is -1.10. The van der Waals surface area contributed by atoms with Crippen molar-refractivity contribution < 1.29 is 19.5 Å². The van der Waals surface area contributed by atoms with Gasteiger partial charge in [0, 0.05) is 17.9 Å². The summed E-state index contributed by atoms with van der Waals surface area (Å²) >= 11 is 0. The van der Waals surface area contributed by atoms with Crippen LogP contribution in [0.25, 0.3) is 0 Å². The van der Waals surface area contributed by atoms with E-state index in [-0.39, 0.29) is 12.5 Å². The number of hydrogen-bond acceptors (Lipinski definition) is 3.